The highest BCUT2D eigenvalue weighted by Gasteiger charge is 2.17. The Balaban J connectivity index is 0.00000100. The number of carbonyl (C=O) groups excluding carboxylic acids is 1. The summed E-state index contributed by atoms with van der Waals surface area (Å²) in [6, 6.07) is 2.38. The minimum Gasteiger partial charge on any atom is -0.377 e. The fourth-order valence-electron chi connectivity index (χ4n) is 2.88. The van der Waals surface area contributed by atoms with Crippen LogP contribution in [0.5, 0.6) is 0 Å². The van der Waals surface area contributed by atoms with E-state index in [0.29, 0.717) is 10.9 Å². The van der Waals surface area contributed by atoms with E-state index in [2.05, 4.69) is 15.3 Å². The van der Waals surface area contributed by atoms with Crippen molar-refractivity contribution in [1.29, 1.82) is 0 Å². The number of fused-ring (bicyclic) bond motifs is 1. The molecular weight excluding hydrogens is 320 g/mol. The Hall–Kier alpha value is -1.95. The van der Waals surface area contributed by atoms with E-state index in [0.717, 1.165) is 40.7 Å². The molecule has 0 unspecified atom stereocenters. The highest BCUT2D eigenvalue weighted by Crippen LogP contribution is 2.38. The lowest BCUT2D eigenvalue weighted by atomic mass is 10.2. The summed E-state index contributed by atoms with van der Waals surface area (Å²) in [7, 11) is 3.98. The molecule has 0 saturated heterocycles. The third kappa shape index (κ3) is 3.93. The molecule has 5 nitrogen and oxygen atoms in total. The van der Waals surface area contributed by atoms with Crippen molar-refractivity contribution in [1.82, 2.24) is 4.98 Å². The molecule has 0 amide bonds. The molecule has 0 aromatic carbocycles. The number of aromatic nitrogens is 1. The van der Waals surface area contributed by atoms with Gasteiger partial charge < -0.3 is 10.2 Å². The van der Waals surface area contributed by atoms with Gasteiger partial charge in [0.2, 0.25) is 0 Å². The number of anilines is 2. The smallest absolute Gasteiger partial charge is 0.162 e. The highest BCUT2D eigenvalue weighted by atomic mass is 32.1. The average Bonchev–Trinajstić information content (AvgIpc) is 3.24. The normalized spacial score (nSPS) is 14.7. The molecule has 1 aliphatic carbocycles. The van der Waals surface area contributed by atoms with Crippen molar-refractivity contribution in [2.24, 2.45) is 4.99 Å². The predicted octanol–water partition coefficient (Wildman–Crippen LogP) is 4.58. The molecule has 2 heterocycles. The summed E-state index contributed by atoms with van der Waals surface area (Å²) >= 11 is 1.41. The van der Waals surface area contributed by atoms with Crippen molar-refractivity contribution in [2.75, 3.05) is 24.3 Å². The molecule has 0 bridgehead atoms. The maximum absolute atomic E-state index is 11.4. The number of aldehydes is 1. The lowest BCUT2D eigenvalue weighted by Gasteiger charge is -2.14. The van der Waals surface area contributed by atoms with Gasteiger partial charge in [-0.25, -0.2) is 4.98 Å². The molecule has 1 fully saturated rings. The molecule has 0 aliphatic heterocycles. The number of hydrogen-bond acceptors (Lipinski definition) is 5. The number of rotatable bonds is 5. The van der Waals surface area contributed by atoms with Gasteiger partial charge in [-0.3, -0.25) is 9.79 Å². The van der Waals surface area contributed by atoms with Crippen LogP contribution in [0.25, 0.3) is 10.2 Å². The van der Waals surface area contributed by atoms with Gasteiger partial charge in [0.15, 0.2) is 6.29 Å². The topological polar surface area (TPSA) is 57.6 Å². The molecule has 1 aliphatic rings. The molecule has 2 aromatic rings. The van der Waals surface area contributed by atoms with Crippen molar-refractivity contribution < 1.29 is 4.79 Å². The number of carbonyl (C=O) groups is 1. The fourth-order valence-corrected chi connectivity index (χ4v) is 3.83. The van der Waals surface area contributed by atoms with Crippen LogP contribution in [-0.2, 0) is 0 Å². The molecule has 2 aromatic heterocycles. The van der Waals surface area contributed by atoms with E-state index in [9.17, 15) is 4.79 Å². The SMILES string of the molecule is CC.CN(C)c1ccnc2sc(C=O)c(NC=NC3CCCC3)c12. The average molecular weight is 347 g/mol. The second-order valence-corrected chi connectivity index (χ2v) is 6.76. The molecule has 0 atom stereocenters. The van der Waals surface area contributed by atoms with Crippen molar-refractivity contribution in [3.8, 4) is 0 Å². The molecule has 24 heavy (non-hydrogen) atoms. The van der Waals surface area contributed by atoms with Gasteiger partial charge in [-0.05, 0) is 18.9 Å². The molecule has 3 rings (SSSR count). The van der Waals surface area contributed by atoms with Gasteiger partial charge in [0.05, 0.1) is 34.0 Å². The lowest BCUT2D eigenvalue weighted by Crippen LogP contribution is -2.10. The summed E-state index contributed by atoms with van der Waals surface area (Å²) in [5.74, 6) is 0. The van der Waals surface area contributed by atoms with E-state index >= 15 is 0 Å². The van der Waals surface area contributed by atoms with E-state index in [1.54, 1.807) is 12.5 Å². The van der Waals surface area contributed by atoms with Crippen LogP contribution in [0.1, 0.15) is 49.2 Å². The van der Waals surface area contributed by atoms with Gasteiger partial charge in [0.25, 0.3) is 0 Å². The number of nitrogens with zero attached hydrogens (tertiary/aromatic N) is 3. The summed E-state index contributed by atoms with van der Waals surface area (Å²) in [5, 5.41) is 4.21. The Morgan fingerprint density at radius 3 is 2.67 bits per heavy atom. The number of nitrogens with one attached hydrogen (secondary N) is 1. The fraction of sp³-hybridized carbons (Fsp3) is 0.500. The second kappa shape index (κ2) is 8.78. The van der Waals surface area contributed by atoms with Crippen molar-refractivity contribution >= 4 is 45.6 Å². The number of aliphatic imine (C=N–C) groups is 1. The summed E-state index contributed by atoms with van der Waals surface area (Å²) in [5.41, 5.74) is 1.86. The van der Waals surface area contributed by atoms with E-state index in [1.165, 1.54) is 24.2 Å². The Bertz CT molecular complexity index is 702. The van der Waals surface area contributed by atoms with Gasteiger partial charge in [-0.1, -0.05) is 26.7 Å². The van der Waals surface area contributed by atoms with E-state index in [-0.39, 0.29) is 0 Å². The summed E-state index contributed by atoms with van der Waals surface area (Å²) < 4.78 is 0. The molecule has 6 heteroatoms. The van der Waals surface area contributed by atoms with Gasteiger partial charge in [0.1, 0.15) is 4.83 Å². The number of hydrogen-bond donors (Lipinski definition) is 1. The Morgan fingerprint density at radius 1 is 1.33 bits per heavy atom. The number of thiophene rings is 1. The minimum absolute atomic E-state index is 0.420. The lowest BCUT2D eigenvalue weighted by molar-refractivity contribution is 0.112. The Morgan fingerprint density at radius 2 is 2.04 bits per heavy atom. The van der Waals surface area contributed by atoms with Crippen LogP contribution in [0.3, 0.4) is 0 Å². The molecule has 1 saturated carbocycles. The molecule has 130 valence electrons. The zero-order valence-corrected chi connectivity index (χ0v) is 15.7. The molecule has 0 radical (unpaired) electrons. The van der Waals surface area contributed by atoms with Crippen molar-refractivity contribution in [3.05, 3.63) is 17.1 Å². The Labute approximate surface area is 147 Å². The van der Waals surface area contributed by atoms with Gasteiger partial charge in [0, 0.05) is 20.3 Å². The first-order chi connectivity index (χ1) is 11.7. The summed E-state index contributed by atoms with van der Waals surface area (Å²) in [6.45, 7) is 4.00. The van der Waals surface area contributed by atoms with Crippen LogP contribution < -0.4 is 10.2 Å². The predicted molar refractivity (Wildman–Crippen MR) is 105 cm³/mol. The third-order valence-corrected chi connectivity index (χ3v) is 5.03. The first-order valence-corrected chi connectivity index (χ1v) is 9.34. The van der Waals surface area contributed by atoms with Crippen LogP contribution in [0.2, 0.25) is 0 Å². The molecular formula is C18H26N4OS. The maximum atomic E-state index is 11.4. The van der Waals surface area contributed by atoms with Crippen molar-refractivity contribution in [3.63, 3.8) is 0 Å². The van der Waals surface area contributed by atoms with Crippen LogP contribution in [-0.4, -0.2) is 37.7 Å². The largest absolute Gasteiger partial charge is 0.377 e. The number of pyridine rings is 1. The molecule has 1 N–H and O–H groups in total. The first kappa shape index (κ1) is 18.4. The van der Waals surface area contributed by atoms with Gasteiger partial charge in [-0.15, -0.1) is 11.3 Å². The monoisotopic (exact) mass is 346 g/mol. The molecule has 0 spiro atoms. The third-order valence-electron chi connectivity index (χ3n) is 4.01. The summed E-state index contributed by atoms with van der Waals surface area (Å²) in [6.07, 6.45) is 9.25. The Kier molecular flexibility index (Phi) is 6.73. The first-order valence-electron chi connectivity index (χ1n) is 8.53. The van der Waals surface area contributed by atoms with Gasteiger partial charge >= 0.3 is 0 Å². The van der Waals surface area contributed by atoms with Crippen LogP contribution in [0.4, 0.5) is 11.4 Å². The van der Waals surface area contributed by atoms with E-state index in [4.69, 9.17) is 0 Å². The zero-order valence-electron chi connectivity index (χ0n) is 14.9. The van der Waals surface area contributed by atoms with E-state index < -0.39 is 0 Å². The van der Waals surface area contributed by atoms with Crippen LogP contribution in [0.15, 0.2) is 17.3 Å². The summed E-state index contributed by atoms with van der Waals surface area (Å²) in [4.78, 5) is 23.9. The van der Waals surface area contributed by atoms with Crippen LogP contribution in [0, 0.1) is 0 Å². The van der Waals surface area contributed by atoms with Crippen molar-refractivity contribution in [2.45, 2.75) is 45.6 Å². The van der Waals surface area contributed by atoms with Crippen LogP contribution >= 0.6 is 11.3 Å². The quantitative estimate of drug-likeness (QED) is 0.489. The standard InChI is InChI=1S/C16H20N4OS.C2H6/c1-20(2)12-7-8-17-16-14(12)15(13(9-21)22-16)19-10-18-11-5-3-4-6-11;1-2/h7-11H,3-6H2,1-2H3,(H,18,19);1-2H3. The minimum atomic E-state index is 0.420. The highest BCUT2D eigenvalue weighted by molar-refractivity contribution is 7.21. The van der Waals surface area contributed by atoms with Gasteiger partial charge in [-0.2, -0.15) is 0 Å². The maximum Gasteiger partial charge on any atom is 0.162 e. The second-order valence-electron chi connectivity index (χ2n) is 5.72. The zero-order chi connectivity index (χ0) is 17.5. The van der Waals surface area contributed by atoms with E-state index in [1.807, 2.05) is 38.9 Å².